The first kappa shape index (κ1) is 31.5. The Morgan fingerprint density at radius 3 is 1.74 bits per heavy atom. The highest BCUT2D eigenvalue weighted by molar-refractivity contribution is 6.21. The van der Waals surface area contributed by atoms with Crippen LogP contribution in [0.25, 0.3) is 117 Å². The number of furan rings is 2. The number of nitrogens with zero attached hydrogens (tertiary/aromatic N) is 4. The summed E-state index contributed by atoms with van der Waals surface area (Å²) in [5.41, 5.74) is 11.6. The summed E-state index contributed by atoms with van der Waals surface area (Å²) in [6.45, 7) is 0. The van der Waals surface area contributed by atoms with Gasteiger partial charge in [-0.2, -0.15) is 0 Å². The van der Waals surface area contributed by atoms with Crippen LogP contribution in [0, 0.1) is 0 Å². The molecule has 8 aromatic carbocycles. The van der Waals surface area contributed by atoms with Crippen molar-refractivity contribution in [1.29, 1.82) is 0 Å². The molecule has 0 aliphatic carbocycles. The Bertz CT molecular complexity index is 3530. The molecule has 6 heteroatoms. The fourth-order valence-corrected chi connectivity index (χ4v) is 8.50. The van der Waals surface area contributed by atoms with Gasteiger partial charge in [0.05, 0.1) is 11.0 Å². The number of para-hydroxylation sites is 3. The fourth-order valence-electron chi connectivity index (χ4n) is 8.50. The van der Waals surface area contributed by atoms with Gasteiger partial charge < -0.3 is 13.4 Å². The second-order valence-electron chi connectivity index (χ2n) is 14.4. The lowest BCUT2D eigenvalue weighted by Gasteiger charge is -2.09. The highest BCUT2D eigenvalue weighted by Crippen LogP contribution is 2.44. The maximum atomic E-state index is 6.67. The molecule has 0 spiro atoms. The molecule has 0 amide bonds. The van der Waals surface area contributed by atoms with Gasteiger partial charge in [0.15, 0.2) is 17.5 Å². The summed E-state index contributed by atoms with van der Waals surface area (Å²) < 4.78 is 15.2. The van der Waals surface area contributed by atoms with Crippen molar-refractivity contribution in [2.45, 2.75) is 0 Å². The molecule has 0 aliphatic heterocycles. The average molecular weight is 731 g/mol. The molecule has 0 atom stereocenters. The van der Waals surface area contributed by atoms with Gasteiger partial charge in [0.1, 0.15) is 22.3 Å². The lowest BCUT2D eigenvalue weighted by molar-refractivity contribution is 0.668. The second-order valence-corrected chi connectivity index (χ2v) is 14.4. The number of aromatic nitrogens is 4. The Morgan fingerprint density at radius 1 is 0.333 bits per heavy atom. The third-order valence-corrected chi connectivity index (χ3v) is 11.1. The van der Waals surface area contributed by atoms with Gasteiger partial charge in [-0.25, -0.2) is 15.0 Å². The standard InChI is InChI=1S/C51H30N4O2/c1-3-13-31(14-4-1)49-52-50(32-26-28-44-40(29-32)35-17-8-10-23-43(35)56-44)54-51(53-49)33-25-27-39-46(30-33)57-45-24-12-20-37(48(39)45)36-19-11-22-42-47(36)38-18-7-9-21-41(38)55(42)34-15-5-2-6-16-34/h1-30H. The van der Waals surface area contributed by atoms with E-state index in [-0.39, 0.29) is 0 Å². The average Bonchev–Trinajstić information content (AvgIpc) is 3.96. The second kappa shape index (κ2) is 12.3. The topological polar surface area (TPSA) is 69.9 Å². The van der Waals surface area contributed by atoms with E-state index < -0.39 is 0 Å². The predicted octanol–water partition coefficient (Wildman–Crippen LogP) is 13.4. The predicted molar refractivity (Wildman–Crippen MR) is 230 cm³/mol. The summed E-state index contributed by atoms with van der Waals surface area (Å²) in [6, 6.07) is 62.7. The van der Waals surface area contributed by atoms with Crippen molar-refractivity contribution in [3.63, 3.8) is 0 Å². The Kier molecular flexibility index (Phi) is 6.83. The minimum absolute atomic E-state index is 0.567. The van der Waals surface area contributed by atoms with Crippen molar-refractivity contribution in [3.05, 3.63) is 182 Å². The summed E-state index contributed by atoms with van der Waals surface area (Å²) in [4.78, 5) is 15.1. The maximum Gasteiger partial charge on any atom is 0.164 e. The molecular formula is C51H30N4O2. The quantitative estimate of drug-likeness (QED) is 0.176. The van der Waals surface area contributed by atoms with Crippen LogP contribution < -0.4 is 0 Å². The van der Waals surface area contributed by atoms with Crippen LogP contribution in [0.3, 0.4) is 0 Å². The van der Waals surface area contributed by atoms with Crippen LogP contribution in [0.1, 0.15) is 0 Å². The van der Waals surface area contributed by atoms with E-state index in [1.807, 2.05) is 60.7 Å². The third kappa shape index (κ3) is 4.94. The molecule has 0 saturated heterocycles. The number of hydrogen-bond acceptors (Lipinski definition) is 5. The molecule has 0 radical (unpaired) electrons. The first-order chi connectivity index (χ1) is 28.2. The lowest BCUT2D eigenvalue weighted by Crippen LogP contribution is -2.00. The summed E-state index contributed by atoms with van der Waals surface area (Å²) in [7, 11) is 0. The van der Waals surface area contributed by atoms with Crippen molar-refractivity contribution in [2.24, 2.45) is 0 Å². The summed E-state index contributed by atoms with van der Waals surface area (Å²) >= 11 is 0. The molecule has 0 aliphatic rings. The molecule has 0 fully saturated rings. The minimum atomic E-state index is 0.567. The summed E-state index contributed by atoms with van der Waals surface area (Å²) in [5, 5.41) is 6.60. The molecule has 4 aromatic heterocycles. The first-order valence-electron chi connectivity index (χ1n) is 19.0. The lowest BCUT2D eigenvalue weighted by atomic mass is 9.95. The van der Waals surface area contributed by atoms with Gasteiger partial charge in [-0.3, -0.25) is 0 Å². The molecule has 12 aromatic rings. The minimum Gasteiger partial charge on any atom is -0.456 e. The van der Waals surface area contributed by atoms with E-state index in [2.05, 4.69) is 126 Å². The highest BCUT2D eigenvalue weighted by Gasteiger charge is 2.21. The largest absolute Gasteiger partial charge is 0.456 e. The van der Waals surface area contributed by atoms with Gasteiger partial charge in [-0.15, -0.1) is 0 Å². The molecule has 0 N–H and O–H groups in total. The van der Waals surface area contributed by atoms with Crippen molar-refractivity contribution in [1.82, 2.24) is 19.5 Å². The number of benzene rings is 8. The molecule has 266 valence electrons. The van der Waals surface area contributed by atoms with E-state index in [9.17, 15) is 0 Å². The van der Waals surface area contributed by atoms with E-state index in [1.165, 1.54) is 16.3 Å². The van der Waals surface area contributed by atoms with Crippen LogP contribution >= 0.6 is 0 Å². The van der Waals surface area contributed by atoms with E-state index in [4.69, 9.17) is 23.8 Å². The maximum absolute atomic E-state index is 6.67. The molecule has 6 nitrogen and oxygen atoms in total. The smallest absolute Gasteiger partial charge is 0.164 e. The molecule has 0 unspecified atom stereocenters. The Morgan fingerprint density at radius 2 is 0.912 bits per heavy atom. The van der Waals surface area contributed by atoms with Gasteiger partial charge in [0, 0.05) is 54.7 Å². The molecule has 0 bridgehead atoms. The number of hydrogen-bond donors (Lipinski definition) is 0. The van der Waals surface area contributed by atoms with Crippen LogP contribution in [0.15, 0.2) is 191 Å². The van der Waals surface area contributed by atoms with Gasteiger partial charge in [0.25, 0.3) is 0 Å². The van der Waals surface area contributed by atoms with Crippen molar-refractivity contribution in [2.75, 3.05) is 0 Å². The zero-order chi connectivity index (χ0) is 37.5. The van der Waals surface area contributed by atoms with E-state index in [0.717, 1.165) is 82.9 Å². The van der Waals surface area contributed by atoms with E-state index in [1.54, 1.807) is 0 Å². The van der Waals surface area contributed by atoms with Crippen LogP contribution in [-0.4, -0.2) is 19.5 Å². The van der Waals surface area contributed by atoms with Crippen LogP contribution in [0.2, 0.25) is 0 Å². The molecule has 57 heavy (non-hydrogen) atoms. The molecule has 0 saturated carbocycles. The Labute approximate surface area is 325 Å². The Hall–Kier alpha value is -7.83. The summed E-state index contributed by atoms with van der Waals surface area (Å²) in [6.07, 6.45) is 0. The zero-order valence-electron chi connectivity index (χ0n) is 30.4. The van der Waals surface area contributed by atoms with Crippen LogP contribution in [0.5, 0.6) is 0 Å². The Balaban J connectivity index is 1.03. The van der Waals surface area contributed by atoms with Gasteiger partial charge in [0.2, 0.25) is 0 Å². The van der Waals surface area contributed by atoms with Crippen molar-refractivity contribution in [3.8, 4) is 51.0 Å². The van der Waals surface area contributed by atoms with Crippen LogP contribution in [0.4, 0.5) is 0 Å². The fraction of sp³-hybridized carbons (Fsp3) is 0. The number of fused-ring (bicyclic) bond motifs is 9. The number of rotatable bonds is 5. The molecule has 12 rings (SSSR count). The molecule has 4 heterocycles. The first-order valence-corrected chi connectivity index (χ1v) is 19.0. The highest BCUT2D eigenvalue weighted by atomic mass is 16.3. The van der Waals surface area contributed by atoms with Crippen molar-refractivity contribution >= 4 is 65.7 Å². The third-order valence-electron chi connectivity index (χ3n) is 11.1. The van der Waals surface area contributed by atoms with E-state index >= 15 is 0 Å². The molecular weight excluding hydrogens is 701 g/mol. The van der Waals surface area contributed by atoms with Gasteiger partial charge >= 0.3 is 0 Å². The van der Waals surface area contributed by atoms with Gasteiger partial charge in [-0.05, 0) is 77.9 Å². The van der Waals surface area contributed by atoms with E-state index in [0.29, 0.717) is 17.5 Å². The summed E-state index contributed by atoms with van der Waals surface area (Å²) in [5.74, 6) is 1.75. The monoisotopic (exact) mass is 730 g/mol. The van der Waals surface area contributed by atoms with Crippen molar-refractivity contribution < 1.29 is 8.83 Å². The zero-order valence-corrected chi connectivity index (χ0v) is 30.4. The van der Waals surface area contributed by atoms with Gasteiger partial charge in [-0.1, -0.05) is 115 Å². The van der Waals surface area contributed by atoms with Crippen LogP contribution in [-0.2, 0) is 0 Å². The SMILES string of the molecule is c1ccc(-c2nc(-c3ccc4c(c3)oc3cccc(-c5cccc6c5c5ccccc5n6-c5ccccc5)c34)nc(-c3ccc4oc5ccccc5c4c3)n2)cc1. The normalized spacial score (nSPS) is 11.9.